The highest BCUT2D eigenvalue weighted by molar-refractivity contribution is 5.98. The average molecular weight is 330 g/mol. The average Bonchev–Trinajstić information content (AvgIpc) is 2.54. The first-order valence-electron chi connectivity index (χ1n) is 8.77. The van der Waals surface area contributed by atoms with Gasteiger partial charge in [0.05, 0.1) is 0 Å². The summed E-state index contributed by atoms with van der Waals surface area (Å²) in [4.78, 5) is 28.5. The van der Waals surface area contributed by atoms with Gasteiger partial charge in [-0.3, -0.25) is 9.59 Å². The summed E-state index contributed by atoms with van der Waals surface area (Å²) in [5.41, 5.74) is 3.23. The number of carbonyl (C=O) groups is 2. The van der Waals surface area contributed by atoms with Gasteiger partial charge in [0.2, 0.25) is 11.8 Å². The monoisotopic (exact) mass is 330 g/mol. The molecule has 2 aliphatic rings. The number of hydrogen-bond acceptors (Lipinski definition) is 3. The fourth-order valence-corrected chi connectivity index (χ4v) is 3.61. The molecule has 130 valence electrons. The van der Waals surface area contributed by atoms with E-state index in [2.05, 4.69) is 6.07 Å². The minimum Gasteiger partial charge on any atom is -0.381 e. The normalized spacial score (nSPS) is 21.9. The molecule has 1 aromatic carbocycles. The molecule has 2 amide bonds. The van der Waals surface area contributed by atoms with E-state index in [-0.39, 0.29) is 18.4 Å². The summed E-state index contributed by atoms with van der Waals surface area (Å²) in [6.45, 7) is 6.89. The molecule has 0 aromatic heterocycles. The zero-order chi connectivity index (χ0) is 17.1. The van der Waals surface area contributed by atoms with Crippen LogP contribution in [0.2, 0.25) is 0 Å². The van der Waals surface area contributed by atoms with Gasteiger partial charge < -0.3 is 14.5 Å². The van der Waals surface area contributed by atoms with Crippen LogP contribution in [0.4, 0.5) is 5.69 Å². The first-order chi connectivity index (χ1) is 11.5. The molecule has 0 bridgehead atoms. The standard InChI is InChI=1S/C19H26N2O3/c1-14-8-15(2)10-17(9-14)21-6-5-20(12-19(21)23)18(22)11-16-4-3-7-24-13-16/h8-10,16H,3-7,11-13H2,1-2H3/t16-/m0/s1. The van der Waals surface area contributed by atoms with Gasteiger partial charge in [-0.25, -0.2) is 0 Å². The fraction of sp³-hybridized carbons (Fsp3) is 0.579. The Morgan fingerprint density at radius 1 is 1.21 bits per heavy atom. The van der Waals surface area contributed by atoms with Crippen LogP contribution < -0.4 is 4.90 Å². The van der Waals surface area contributed by atoms with E-state index in [4.69, 9.17) is 4.74 Å². The van der Waals surface area contributed by atoms with E-state index in [9.17, 15) is 9.59 Å². The van der Waals surface area contributed by atoms with Gasteiger partial charge in [-0.05, 0) is 55.9 Å². The minimum absolute atomic E-state index is 0.000468. The molecule has 2 heterocycles. The molecule has 0 unspecified atom stereocenters. The van der Waals surface area contributed by atoms with Gasteiger partial charge >= 0.3 is 0 Å². The van der Waals surface area contributed by atoms with E-state index >= 15 is 0 Å². The molecule has 3 rings (SSSR count). The van der Waals surface area contributed by atoms with Crippen molar-refractivity contribution >= 4 is 17.5 Å². The quantitative estimate of drug-likeness (QED) is 0.854. The maximum atomic E-state index is 12.5. The molecule has 2 saturated heterocycles. The molecule has 0 radical (unpaired) electrons. The van der Waals surface area contributed by atoms with Crippen LogP contribution in [0.25, 0.3) is 0 Å². The Labute approximate surface area is 143 Å². The lowest BCUT2D eigenvalue weighted by Crippen LogP contribution is -2.52. The van der Waals surface area contributed by atoms with Crippen LogP contribution in [-0.2, 0) is 14.3 Å². The first kappa shape index (κ1) is 17.0. The topological polar surface area (TPSA) is 49.9 Å². The minimum atomic E-state index is -0.000468. The van der Waals surface area contributed by atoms with Crippen molar-refractivity contribution in [1.82, 2.24) is 4.90 Å². The SMILES string of the molecule is Cc1cc(C)cc(N2CCN(C(=O)C[C@@H]3CCCOC3)CC2=O)c1. The zero-order valence-electron chi connectivity index (χ0n) is 14.6. The van der Waals surface area contributed by atoms with Crippen molar-refractivity contribution in [3.63, 3.8) is 0 Å². The molecule has 1 aromatic rings. The van der Waals surface area contributed by atoms with E-state index in [1.807, 2.05) is 26.0 Å². The van der Waals surface area contributed by atoms with E-state index in [0.717, 1.165) is 36.3 Å². The van der Waals surface area contributed by atoms with E-state index < -0.39 is 0 Å². The molecule has 2 aliphatic heterocycles. The number of piperazine rings is 1. The Hall–Kier alpha value is -1.88. The number of benzene rings is 1. The molecule has 5 nitrogen and oxygen atoms in total. The van der Waals surface area contributed by atoms with Crippen molar-refractivity contribution in [3.8, 4) is 0 Å². The Morgan fingerprint density at radius 2 is 1.96 bits per heavy atom. The molecule has 24 heavy (non-hydrogen) atoms. The second-order valence-electron chi connectivity index (χ2n) is 6.99. The number of hydrogen-bond donors (Lipinski definition) is 0. The number of ether oxygens (including phenoxy) is 1. The predicted octanol–water partition coefficient (Wildman–Crippen LogP) is 2.30. The molecule has 1 atom stereocenters. The van der Waals surface area contributed by atoms with Crippen molar-refractivity contribution in [2.45, 2.75) is 33.1 Å². The van der Waals surface area contributed by atoms with E-state index in [0.29, 0.717) is 32.0 Å². The van der Waals surface area contributed by atoms with Crippen molar-refractivity contribution < 1.29 is 14.3 Å². The molecular formula is C19H26N2O3. The molecule has 0 saturated carbocycles. The lowest BCUT2D eigenvalue weighted by molar-refractivity contribution is -0.138. The second kappa shape index (κ2) is 7.34. The number of carbonyl (C=O) groups excluding carboxylic acids is 2. The van der Waals surface area contributed by atoms with Gasteiger partial charge in [-0.1, -0.05) is 6.07 Å². The first-order valence-corrected chi connectivity index (χ1v) is 8.77. The number of amides is 2. The van der Waals surface area contributed by atoms with Crippen molar-refractivity contribution in [3.05, 3.63) is 29.3 Å². The van der Waals surface area contributed by atoms with Gasteiger partial charge in [-0.2, -0.15) is 0 Å². The van der Waals surface area contributed by atoms with Crippen LogP contribution in [0.1, 0.15) is 30.4 Å². The maximum absolute atomic E-state index is 12.5. The molecule has 0 spiro atoms. The van der Waals surface area contributed by atoms with Crippen molar-refractivity contribution in [1.29, 1.82) is 0 Å². The molecule has 2 fully saturated rings. The van der Waals surface area contributed by atoms with Crippen LogP contribution in [0.5, 0.6) is 0 Å². The number of rotatable bonds is 3. The van der Waals surface area contributed by atoms with Crippen LogP contribution in [-0.4, -0.2) is 49.6 Å². The summed E-state index contributed by atoms with van der Waals surface area (Å²) < 4.78 is 5.44. The lowest BCUT2D eigenvalue weighted by atomic mass is 9.98. The van der Waals surface area contributed by atoms with Gasteiger partial charge in [0.25, 0.3) is 0 Å². The van der Waals surface area contributed by atoms with Gasteiger partial charge in [-0.15, -0.1) is 0 Å². The highest BCUT2D eigenvalue weighted by Gasteiger charge is 2.29. The summed E-state index contributed by atoms with van der Waals surface area (Å²) in [6.07, 6.45) is 2.57. The van der Waals surface area contributed by atoms with Crippen LogP contribution in [0.3, 0.4) is 0 Å². The van der Waals surface area contributed by atoms with Crippen molar-refractivity contribution in [2.24, 2.45) is 5.92 Å². The fourth-order valence-electron chi connectivity index (χ4n) is 3.61. The van der Waals surface area contributed by atoms with Gasteiger partial charge in [0.1, 0.15) is 6.54 Å². The third kappa shape index (κ3) is 3.96. The summed E-state index contributed by atoms with van der Waals surface area (Å²) in [5, 5.41) is 0. The Balaban J connectivity index is 1.60. The Kier molecular flexibility index (Phi) is 5.19. The number of nitrogens with zero attached hydrogens (tertiary/aromatic N) is 2. The van der Waals surface area contributed by atoms with Crippen LogP contribution >= 0.6 is 0 Å². The van der Waals surface area contributed by atoms with E-state index in [1.165, 1.54) is 0 Å². The molecule has 0 N–H and O–H groups in total. The molecule has 0 aliphatic carbocycles. The van der Waals surface area contributed by atoms with Gasteiger partial charge in [0, 0.05) is 38.4 Å². The highest BCUT2D eigenvalue weighted by atomic mass is 16.5. The Bertz CT molecular complexity index is 603. The van der Waals surface area contributed by atoms with E-state index in [1.54, 1.807) is 9.80 Å². The lowest BCUT2D eigenvalue weighted by Gasteiger charge is -2.35. The molecule has 5 heteroatoms. The van der Waals surface area contributed by atoms with Crippen LogP contribution in [0, 0.1) is 19.8 Å². The summed E-state index contributed by atoms with van der Waals surface area (Å²) in [6, 6.07) is 6.16. The van der Waals surface area contributed by atoms with Crippen LogP contribution in [0.15, 0.2) is 18.2 Å². The summed E-state index contributed by atoms with van der Waals surface area (Å²) >= 11 is 0. The molecular weight excluding hydrogens is 304 g/mol. The van der Waals surface area contributed by atoms with Gasteiger partial charge in [0.15, 0.2) is 0 Å². The predicted molar refractivity (Wildman–Crippen MR) is 93.0 cm³/mol. The third-order valence-electron chi connectivity index (χ3n) is 4.81. The highest BCUT2D eigenvalue weighted by Crippen LogP contribution is 2.22. The summed E-state index contributed by atoms with van der Waals surface area (Å²) in [5.74, 6) is 0.386. The summed E-state index contributed by atoms with van der Waals surface area (Å²) in [7, 11) is 0. The third-order valence-corrected chi connectivity index (χ3v) is 4.81. The Morgan fingerprint density at radius 3 is 2.58 bits per heavy atom. The van der Waals surface area contributed by atoms with Crippen molar-refractivity contribution in [2.75, 3.05) is 37.7 Å². The maximum Gasteiger partial charge on any atom is 0.246 e. The smallest absolute Gasteiger partial charge is 0.246 e. The number of anilines is 1. The second-order valence-corrected chi connectivity index (χ2v) is 6.99. The largest absolute Gasteiger partial charge is 0.381 e. The zero-order valence-corrected chi connectivity index (χ0v) is 14.6. The number of aryl methyl sites for hydroxylation is 2.